The molecule has 1 aliphatic heterocycles. The molecule has 0 unspecified atom stereocenters. The summed E-state index contributed by atoms with van der Waals surface area (Å²) in [4.78, 5) is 52.2. The van der Waals surface area contributed by atoms with E-state index in [0.29, 0.717) is 24.1 Å². The van der Waals surface area contributed by atoms with Crippen molar-refractivity contribution in [1.82, 2.24) is 0 Å². The number of carbonyl (C=O) groups is 4. The lowest BCUT2D eigenvalue weighted by Crippen LogP contribution is -2.34. The number of amides is 2. The second-order valence-corrected chi connectivity index (χ2v) is 10.9. The van der Waals surface area contributed by atoms with E-state index in [9.17, 15) is 19.2 Å². The van der Waals surface area contributed by atoms with Crippen LogP contribution in [0.5, 0.6) is 0 Å². The van der Waals surface area contributed by atoms with Crippen LogP contribution < -0.4 is 4.90 Å². The van der Waals surface area contributed by atoms with Gasteiger partial charge >= 0.3 is 5.97 Å². The first-order valence-electron chi connectivity index (χ1n) is 10.7. The van der Waals surface area contributed by atoms with Crippen molar-refractivity contribution in [2.45, 2.75) is 36.3 Å². The lowest BCUT2D eigenvalue weighted by atomic mass is 9.81. The highest BCUT2D eigenvalue weighted by atomic mass is 79.9. The Bertz CT molecular complexity index is 1100. The standard InChI is InChI=1S/C25H23Br2NO5/c1-13-3-4-14(2)17(9-13)22(29)12-33-25(32)15-5-7-16(8-6-15)28-23(30)18-10-20(26)21(27)11-19(18)24(28)31/h3-9,18-21H,10-12H2,1-2H3/t18-,19+,20+,21-. The first-order chi connectivity index (χ1) is 15.7. The van der Waals surface area contributed by atoms with Gasteiger partial charge < -0.3 is 4.74 Å². The zero-order valence-corrected chi connectivity index (χ0v) is 21.4. The van der Waals surface area contributed by atoms with Gasteiger partial charge in [-0.3, -0.25) is 19.3 Å². The molecule has 1 aliphatic carbocycles. The van der Waals surface area contributed by atoms with Gasteiger partial charge in [0, 0.05) is 15.2 Å². The van der Waals surface area contributed by atoms with Gasteiger partial charge in [-0.2, -0.15) is 0 Å². The van der Waals surface area contributed by atoms with Crippen LogP contribution in [0.25, 0.3) is 0 Å². The maximum atomic E-state index is 12.9. The van der Waals surface area contributed by atoms with Crippen molar-refractivity contribution in [3.05, 3.63) is 64.7 Å². The first-order valence-corrected chi connectivity index (χ1v) is 12.5. The van der Waals surface area contributed by atoms with Crippen molar-refractivity contribution in [3.63, 3.8) is 0 Å². The number of rotatable bonds is 5. The summed E-state index contributed by atoms with van der Waals surface area (Å²) in [6.07, 6.45) is 1.20. The Hall–Kier alpha value is -2.32. The van der Waals surface area contributed by atoms with Crippen molar-refractivity contribution in [3.8, 4) is 0 Å². The third kappa shape index (κ3) is 4.68. The number of fused-ring (bicyclic) bond motifs is 1. The van der Waals surface area contributed by atoms with Gasteiger partial charge in [-0.15, -0.1) is 0 Å². The fourth-order valence-electron chi connectivity index (χ4n) is 4.42. The van der Waals surface area contributed by atoms with Crippen molar-refractivity contribution in [1.29, 1.82) is 0 Å². The van der Waals surface area contributed by atoms with Crippen molar-refractivity contribution in [2.75, 3.05) is 11.5 Å². The van der Waals surface area contributed by atoms with Crippen LogP contribution in [-0.2, 0) is 14.3 Å². The minimum absolute atomic E-state index is 0.138. The summed E-state index contributed by atoms with van der Waals surface area (Å²) in [5.41, 5.74) is 2.98. The van der Waals surface area contributed by atoms with Crippen LogP contribution in [0.15, 0.2) is 42.5 Å². The molecule has 2 amide bonds. The SMILES string of the molecule is Cc1ccc(C)c(C(=O)COC(=O)c2ccc(N3C(=O)[C@H]4C[C@@H](Br)[C@@H](Br)C[C@H]4C3=O)cc2)c1. The predicted molar refractivity (Wildman–Crippen MR) is 131 cm³/mol. The van der Waals surface area contributed by atoms with E-state index in [1.807, 2.05) is 26.0 Å². The number of carbonyl (C=O) groups excluding carboxylic acids is 4. The summed E-state index contributed by atoms with van der Waals surface area (Å²) < 4.78 is 5.20. The fraction of sp³-hybridized carbons (Fsp3) is 0.360. The zero-order chi connectivity index (χ0) is 23.9. The first kappa shape index (κ1) is 23.8. The molecule has 0 aromatic heterocycles. The number of ether oxygens (including phenoxy) is 1. The Morgan fingerprint density at radius 3 is 2.09 bits per heavy atom. The number of benzene rings is 2. The third-order valence-corrected chi connectivity index (χ3v) is 9.03. The monoisotopic (exact) mass is 575 g/mol. The molecule has 2 aromatic carbocycles. The highest BCUT2D eigenvalue weighted by Gasteiger charge is 2.52. The zero-order valence-electron chi connectivity index (χ0n) is 18.2. The van der Waals surface area contributed by atoms with Crippen molar-refractivity contribution < 1.29 is 23.9 Å². The summed E-state index contributed by atoms with van der Waals surface area (Å²) in [7, 11) is 0. The number of ketones is 1. The maximum absolute atomic E-state index is 12.9. The van der Waals surface area contributed by atoms with E-state index < -0.39 is 5.97 Å². The van der Waals surface area contributed by atoms with Gasteiger partial charge in [0.2, 0.25) is 17.6 Å². The number of imide groups is 1. The van der Waals surface area contributed by atoms with Crippen LogP contribution in [0, 0.1) is 25.7 Å². The number of Topliss-reactive ketones (excluding diaryl/α,β-unsaturated/α-hetero) is 1. The summed E-state index contributed by atoms with van der Waals surface area (Å²) in [5.74, 6) is -2.00. The Balaban J connectivity index is 1.42. The van der Waals surface area contributed by atoms with Crippen LogP contribution in [-0.4, -0.2) is 39.8 Å². The lowest BCUT2D eigenvalue weighted by molar-refractivity contribution is -0.122. The maximum Gasteiger partial charge on any atom is 0.338 e. The highest BCUT2D eigenvalue weighted by molar-refractivity contribution is 9.12. The molecule has 1 saturated heterocycles. The summed E-state index contributed by atoms with van der Waals surface area (Å²) >= 11 is 7.16. The third-order valence-electron chi connectivity index (χ3n) is 6.30. The fourth-order valence-corrected chi connectivity index (χ4v) is 5.66. The molecule has 0 N–H and O–H groups in total. The Labute approximate surface area is 208 Å². The second-order valence-electron chi connectivity index (χ2n) is 8.59. The number of aryl methyl sites for hydroxylation is 2. The number of anilines is 1. The van der Waals surface area contributed by atoms with E-state index in [-0.39, 0.29) is 51.3 Å². The van der Waals surface area contributed by atoms with Gasteiger partial charge in [0.1, 0.15) is 0 Å². The molecule has 0 radical (unpaired) electrons. The molecule has 0 bridgehead atoms. The molecule has 1 saturated carbocycles. The number of nitrogens with zero attached hydrogens (tertiary/aromatic N) is 1. The molecule has 2 aliphatic rings. The lowest BCUT2D eigenvalue weighted by Gasteiger charge is -2.29. The van der Waals surface area contributed by atoms with Crippen LogP contribution in [0.3, 0.4) is 0 Å². The Morgan fingerprint density at radius 1 is 0.939 bits per heavy atom. The van der Waals surface area contributed by atoms with E-state index >= 15 is 0 Å². The Kier molecular flexibility index (Phi) is 6.86. The second kappa shape index (κ2) is 9.50. The molecule has 0 spiro atoms. The molecule has 33 heavy (non-hydrogen) atoms. The molecule has 8 heteroatoms. The summed E-state index contributed by atoms with van der Waals surface area (Å²) in [5, 5.41) is 0. The molecule has 2 aromatic rings. The van der Waals surface area contributed by atoms with Crippen LogP contribution in [0.2, 0.25) is 0 Å². The van der Waals surface area contributed by atoms with E-state index in [2.05, 4.69) is 31.9 Å². The average Bonchev–Trinajstić information content (AvgIpc) is 3.03. The molecule has 2 fully saturated rings. The molecule has 1 heterocycles. The molecular formula is C25H23Br2NO5. The number of halogens is 2. The van der Waals surface area contributed by atoms with Crippen molar-refractivity contribution in [2.24, 2.45) is 11.8 Å². The normalized spacial score (nSPS) is 24.5. The number of hydrogen-bond donors (Lipinski definition) is 0. The molecular weight excluding hydrogens is 554 g/mol. The van der Waals surface area contributed by atoms with E-state index in [4.69, 9.17) is 4.74 Å². The number of esters is 1. The Morgan fingerprint density at radius 2 is 1.52 bits per heavy atom. The van der Waals surface area contributed by atoms with Crippen LogP contribution >= 0.6 is 31.9 Å². The van der Waals surface area contributed by atoms with E-state index in [1.54, 1.807) is 18.2 Å². The molecule has 4 rings (SSSR count). The summed E-state index contributed by atoms with van der Waals surface area (Å²) in [6, 6.07) is 11.7. The number of alkyl halides is 2. The largest absolute Gasteiger partial charge is 0.454 e. The minimum atomic E-state index is -0.641. The summed E-state index contributed by atoms with van der Waals surface area (Å²) in [6.45, 7) is 3.37. The van der Waals surface area contributed by atoms with E-state index in [0.717, 1.165) is 11.1 Å². The molecule has 6 nitrogen and oxygen atoms in total. The van der Waals surface area contributed by atoms with Gasteiger partial charge in [-0.25, -0.2) is 4.79 Å². The van der Waals surface area contributed by atoms with Gasteiger partial charge in [0.25, 0.3) is 0 Å². The van der Waals surface area contributed by atoms with Crippen LogP contribution in [0.4, 0.5) is 5.69 Å². The van der Waals surface area contributed by atoms with E-state index in [1.165, 1.54) is 17.0 Å². The van der Waals surface area contributed by atoms with Gasteiger partial charge in [-0.1, -0.05) is 49.6 Å². The average molecular weight is 577 g/mol. The number of hydrogen-bond acceptors (Lipinski definition) is 5. The smallest absolute Gasteiger partial charge is 0.338 e. The topological polar surface area (TPSA) is 80.8 Å². The molecule has 172 valence electrons. The highest BCUT2D eigenvalue weighted by Crippen LogP contribution is 2.44. The van der Waals surface area contributed by atoms with Gasteiger partial charge in [0.15, 0.2) is 6.61 Å². The van der Waals surface area contributed by atoms with Crippen molar-refractivity contribution >= 4 is 61.1 Å². The van der Waals surface area contributed by atoms with Crippen LogP contribution in [0.1, 0.15) is 44.7 Å². The predicted octanol–water partition coefficient (Wildman–Crippen LogP) is 4.77. The minimum Gasteiger partial charge on any atom is -0.454 e. The quantitative estimate of drug-likeness (QED) is 0.222. The van der Waals surface area contributed by atoms with Gasteiger partial charge in [-0.05, 0) is 62.6 Å². The van der Waals surface area contributed by atoms with Gasteiger partial charge in [0.05, 0.1) is 23.1 Å². The molecule has 4 atom stereocenters.